The summed E-state index contributed by atoms with van der Waals surface area (Å²) in [6, 6.07) is 29.2. The number of nitrogens with zero attached hydrogens (tertiary/aromatic N) is 3. The van der Waals surface area contributed by atoms with Crippen LogP contribution in [0.3, 0.4) is 0 Å². The van der Waals surface area contributed by atoms with Crippen LogP contribution in [0.4, 0.5) is 0 Å². The lowest BCUT2D eigenvalue weighted by molar-refractivity contribution is -0.268. The first kappa shape index (κ1) is 33.9. The van der Waals surface area contributed by atoms with E-state index in [1.54, 1.807) is 0 Å². The van der Waals surface area contributed by atoms with E-state index in [1.165, 1.54) is 0 Å². The predicted molar refractivity (Wildman–Crippen MR) is 175 cm³/mol. The number of azide groups is 1. The number of hydrogen-bond donors (Lipinski definition) is 0. The third kappa shape index (κ3) is 8.79. The SMILES string of the molecule is CC(C)C(C)(C)[Si](C)(C)O[C@H]1O[C@H](COCc2ccccc2)[C@H](OCc2ccccc2)[C@H](OCc2ccccc2)[C@H]1N=[N+]=[N-]. The van der Waals surface area contributed by atoms with E-state index >= 15 is 0 Å². The van der Waals surface area contributed by atoms with Crippen molar-refractivity contribution in [2.75, 3.05) is 6.61 Å². The standard InChI is InChI=1S/C35H47N3O5Si/c1-26(2)35(3,4)44(5,6)43-34-31(37-38-36)33(41-24-29-20-14-9-15-21-29)32(40-23-28-18-12-8-13-19-28)30(42-34)25-39-22-27-16-10-7-11-17-27/h7-21,26,30-34H,22-25H2,1-6H3/t30-,31-,32+,33-,34-/m1/s1. The Bertz CT molecular complexity index is 1320. The van der Waals surface area contributed by atoms with E-state index in [4.69, 9.17) is 23.4 Å². The van der Waals surface area contributed by atoms with E-state index in [2.05, 4.69) is 50.8 Å². The molecule has 0 N–H and O–H groups in total. The molecule has 8 nitrogen and oxygen atoms in total. The Morgan fingerprint density at radius 2 is 1.27 bits per heavy atom. The summed E-state index contributed by atoms with van der Waals surface area (Å²) in [6.07, 6.45) is -2.60. The van der Waals surface area contributed by atoms with Gasteiger partial charge in [0, 0.05) is 4.91 Å². The molecular formula is C35H47N3O5Si. The van der Waals surface area contributed by atoms with Gasteiger partial charge in [0.25, 0.3) is 0 Å². The van der Waals surface area contributed by atoms with Gasteiger partial charge in [-0.05, 0) is 46.3 Å². The Morgan fingerprint density at radius 1 is 0.795 bits per heavy atom. The van der Waals surface area contributed by atoms with Crippen LogP contribution < -0.4 is 0 Å². The maximum atomic E-state index is 9.75. The minimum atomic E-state index is -2.42. The summed E-state index contributed by atoms with van der Waals surface area (Å²) in [4.78, 5) is 3.24. The van der Waals surface area contributed by atoms with Gasteiger partial charge in [-0.25, -0.2) is 0 Å². The Balaban J connectivity index is 1.67. The summed E-state index contributed by atoms with van der Waals surface area (Å²) in [5.74, 6) is 0.378. The summed E-state index contributed by atoms with van der Waals surface area (Å²) < 4.78 is 33.1. The maximum Gasteiger partial charge on any atom is 0.196 e. The summed E-state index contributed by atoms with van der Waals surface area (Å²) in [6.45, 7) is 14.6. The van der Waals surface area contributed by atoms with Crippen molar-refractivity contribution in [1.29, 1.82) is 0 Å². The zero-order valence-electron chi connectivity index (χ0n) is 26.8. The molecule has 3 aromatic carbocycles. The second kappa shape index (κ2) is 15.8. The van der Waals surface area contributed by atoms with Crippen LogP contribution in [-0.2, 0) is 43.2 Å². The van der Waals surface area contributed by atoms with Crippen LogP contribution in [0.25, 0.3) is 10.4 Å². The summed E-state index contributed by atoms with van der Waals surface area (Å²) >= 11 is 0. The molecule has 1 saturated heterocycles. The molecule has 0 saturated carbocycles. The maximum absolute atomic E-state index is 9.75. The van der Waals surface area contributed by atoms with Crippen LogP contribution in [0.15, 0.2) is 96.1 Å². The molecule has 3 aromatic rings. The minimum Gasteiger partial charge on any atom is -0.392 e. The molecule has 0 aromatic heterocycles. The fraction of sp³-hybridized carbons (Fsp3) is 0.486. The Morgan fingerprint density at radius 3 is 1.75 bits per heavy atom. The van der Waals surface area contributed by atoms with Gasteiger partial charge in [-0.15, -0.1) is 0 Å². The average molecular weight is 618 g/mol. The third-order valence-corrected chi connectivity index (χ3v) is 13.7. The zero-order chi connectivity index (χ0) is 31.6. The zero-order valence-corrected chi connectivity index (χ0v) is 27.8. The fourth-order valence-electron chi connectivity index (χ4n) is 5.24. The summed E-state index contributed by atoms with van der Waals surface area (Å²) in [5.41, 5.74) is 12.8. The Labute approximate surface area is 263 Å². The van der Waals surface area contributed by atoms with Crippen LogP contribution in [0.5, 0.6) is 0 Å². The molecule has 0 spiro atoms. The van der Waals surface area contributed by atoms with E-state index in [9.17, 15) is 5.53 Å². The van der Waals surface area contributed by atoms with E-state index in [0.29, 0.717) is 25.7 Å². The normalized spacial score (nSPS) is 22.5. The molecule has 0 unspecified atom stereocenters. The van der Waals surface area contributed by atoms with Crippen LogP contribution in [0, 0.1) is 5.92 Å². The molecule has 0 amide bonds. The molecule has 0 radical (unpaired) electrons. The number of benzene rings is 3. The van der Waals surface area contributed by atoms with Crippen LogP contribution in [0.1, 0.15) is 44.4 Å². The second-order valence-corrected chi connectivity index (χ2v) is 17.3. The van der Waals surface area contributed by atoms with Crippen molar-refractivity contribution in [2.45, 2.75) is 96.3 Å². The molecule has 1 heterocycles. The number of ether oxygens (including phenoxy) is 4. The number of hydrogen-bond acceptors (Lipinski definition) is 6. The largest absolute Gasteiger partial charge is 0.392 e. The molecular weight excluding hydrogens is 570 g/mol. The first-order valence-corrected chi connectivity index (χ1v) is 18.3. The first-order chi connectivity index (χ1) is 21.1. The van der Waals surface area contributed by atoms with Crippen LogP contribution >= 0.6 is 0 Å². The van der Waals surface area contributed by atoms with Gasteiger partial charge in [-0.1, -0.05) is 124 Å². The average Bonchev–Trinajstić information content (AvgIpc) is 3.02. The van der Waals surface area contributed by atoms with Crippen LogP contribution in [0.2, 0.25) is 18.1 Å². The minimum absolute atomic E-state index is 0.0857. The molecule has 4 rings (SSSR count). The van der Waals surface area contributed by atoms with Gasteiger partial charge in [0.2, 0.25) is 0 Å². The monoisotopic (exact) mass is 617 g/mol. The van der Waals surface area contributed by atoms with E-state index in [1.807, 2.05) is 91.0 Å². The Hall–Kier alpha value is -3.01. The molecule has 44 heavy (non-hydrogen) atoms. The molecule has 0 aliphatic carbocycles. The molecule has 1 aliphatic rings. The second-order valence-electron chi connectivity index (χ2n) is 12.8. The van der Waals surface area contributed by atoms with E-state index in [-0.39, 0.29) is 11.6 Å². The van der Waals surface area contributed by atoms with E-state index < -0.39 is 39.0 Å². The molecule has 1 aliphatic heterocycles. The van der Waals surface area contributed by atoms with Crippen molar-refractivity contribution in [1.82, 2.24) is 0 Å². The highest BCUT2D eigenvalue weighted by molar-refractivity contribution is 6.74. The van der Waals surface area contributed by atoms with Crippen molar-refractivity contribution >= 4 is 8.32 Å². The smallest absolute Gasteiger partial charge is 0.196 e. The third-order valence-electron chi connectivity index (χ3n) is 9.17. The molecule has 1 fully saturated rings. The quantitative estimate of drug-likeness (QED) is 0.0738. The predicted octanol–water partition coefficient (Wildman–Crippen LogP) is 8.44. The van der Waals surface area contributed by atoms with Gasteiger partial charge >= 0.3 is 0 Å². The summed E-state index contributed by atoms with van der Waals surface area (Å²) in [5, 5.41) is 4.16. The highest BCUT2D eigenvalue weighted by Crippen LogP contribution is 2.46. The van der Waals surface area contributed by atoms with Crippen molar-refractivity contribution in [3.8, 4) is 0 Å². The topological polar surface area (TPSA) is 94.9 Å². The van der Waals surface area contributed by atoms with Gasteiger partial charge in [-0.2, -0.15) is 0 Å². The highest BCUT2D eigenvalue weighted by Gasteiger charge is 2.52. The molecule has 236 valence electrons. The van der Waals surface area contributed by atoms with Crippen molar-refractivity contribution in [3.63, 3.8) is 0 Å². The fourth-order valence-corrected chi connectivity index (χ4v) is 7.71. The number of rotatable bonds is 15. The lowest BCUT2D eigenvalue weighted by atomic mass is 9.96. The molecule has 5 atom stereocenters. The first-order valence-electron chi connectivity index (χ1n) is 15.4. The van der Waals surface area contributed by atoms with E-state index in [0.717, 1.165) is 16.7 Å². The lowest BCUT2D eigenvalue weighted by Gasteiger charge is -2.50. The Kier molecular flexibility index (Phi) is 12.2. The van der Waals surface area contributed by atoms with Crippen molar-refractivity contribution in [2.24, 2.45) is 11.0 Å². The van der Waals surface area contributed by atoms with Gasteiger partial charge in [0.05, 0.1) is 26.4 Å². The van der Waals surface area contributed by atoms with Crippen LogP contribution in [-0.4, -0.2) is 45.6 Å². The molecule has 9 heteroatoms. The highest BCUT2D eigenvalue weighted by atomic mass is 28.4. The van der Waals surface area contributed by atoms with Crippen molar-refractivity contribution in [3.05, 3.63) is 118 Å². The summed E-state index contributed by atoms with van der Waals surface area (Å²) in [7, 11) is -2.42. The van der Waals surface area contributed by atoms with Crippen molar-refractivity contribution < 1.29 is 23.4 Å². The lowest BCUT2D eigenvalue weighted by Crippen LogP contribution is -2.63. The van der Waals surface area contributed by atoms with Gasteiger partial charge < -0.3 is 23.4 Å². The van der Waals surface area contributed by atoms with Gasteiger partial charge in [0.15, 0.2) is 14.6 Å². The van der Waals surface area contributed by atoms with Gasteiger partial charge in [0.1, 0.15) is 24.4 Å². The van der Waals surface area contributed by atoms with Gasteiger partial charge in [-0.3, -0.25) is 0 Å². The molecule has 0 bridgehead atoms.